The molecule has 0 spiro atoms. The Labute approximate surface area is 184 Å². The lowest BCUT2D eigenvalue weighted by Gasteiger charge is -2.34. The van der Waals surface area contributed by atoms with E-state index in [0.29, 0.717) is 29.8 Å². The maximum Gasteiger partial charge on any atom is 0.322 e. The molecule has 2 amide bonds. The van der Waals surface area contributed by atoms with Crippen molar-refractivity contribution < 1.29 is 23.5 Å². The summed E-state index contributed by atoms with van der Waals surface area (Å²) in [5, 5.41) is 7.24. The molecule has 0 aliphatic carbocycles. The summed E-state index contributed by atoms with van der Waals surface area (Å²) in [7, 11) is 1.61. The van der Waals surface area contributed by atoms with Gasteiger partial charge < -0.3 is 24.1 Å². The van der Waals surface area contributed by atoms with E-state index in [2.05, 4.69) is 15.5 Å². The predicted octanol–water partition coefficient (Wildman–Crippen LogP) is 3.99. The van der Waals surface area contributed by atoms with E-state index in [0.717, 1.165) is 28.1 Å². The van der Waals surface area contributed by atoms with Gasteiger partial charge in [0.25, 0.3) is 5.89 Å². The molecule has 0 saturated carbocycles. The number of ether oxygens (including phenoxy) is 3. The van der Waals surface area contributed by atoms with E-state index >= 15 is 0 Å². The molecule has 1 atom stereocenters. The minimum Gasteiger partial charge on any atom is -0.497 e. The van der Waals surface area contributed by atoms with Crippen LogP contribution in [0.25, 0.3) is 17.0 Å². The summed E-state index contributed by atoms with van der Waals surface area (Å²) in [5.74, 6) is 2.82. The molecule has 2 aliphatic heterocycles. The van der Waals surface area contributed by atoms with Gasteiger partial charge in [-0.25, -0.2) is 4.79 Å². The van der Waals surface area contributed by atoms with Crippen LogP contribution in [-0.4, -0.2) is 41.5 Å². The zero-order chi connectivity index (χ0) is 22.2. The van der Waals surface area contributed by atoms with Crippen molar-refractivity contribution in [3.05, 3.63) is 59.6 Å². The van der Waals surface area contributed by atoms with Crippen LogP contribution in [0.3, 0.4) is 0 Å². The number of hydrogen-bond donors (Lipinski definition) is 1. The van der Waals surface area contributed by atoms with Crippen molar-refractivity contribution in [3.63, 3.8) is 0 Å². The van der Waals surface area contributed by atoms with Crippen molar-refractivity contribution in [1.29, 1.82) is 0 Å². The van der Waals surface area contributed by atoms with Gasteiger partial charge in [-0.05, 0) is 49.7 Å². The first-order chi connectivity index (χ1) is 15.6. The number of carbonyl (C=O) groups is 1. The fraction of sp³-hybridized carbons (Fsp3) is 0.261. The van der Waals surface area contributed by atoms with Crippen LogP contribution >= 0.6 is 0 Å². The molecule has 1 unspecified atom stereocenters. The number of urea groups is 1. The van der Waals surface area contributed by atoms with Crippen LogP contribution in [0.15, 0.2) is 52.7 Å². The fourth-order valence-electron chi connectivity index (χ4n) is 3.97. The Morgan fingerprint density at radius 2 is 1.94 bits per heavy atom. The number of amides is 2. The number of nitrogens with one attached hydrogen (secondary N) is 1. The summed E-state index contributed by atoms with van der Waals surface area (Å²) in [6.45, 7) is 4.51. The van der Waals surface area contributed by atoms with Crippen LogP contribution in [0.4, 0.5) is 4.79 Å². The highest BCUT2D eigenvalue weighted by Gasteiger charge is 2.35. The highest BCUT2D eigenvalue weighted by Crippen LogP contribution is 2.39. The minimum absolute atomic E-state index is 0.176. The zero-order valence-electron chi connectivity index (χ0n) is 17.9. The third-order valence-corrected chi connectivity index (χ3v) is 5.65. The molecule has 5 rings (SSSR count). The number of methoxy groups -OCH3 is 1. The number of allylic oxidation sites excluding steroid dienone is 1. The van der Waals surface area contributed by atoms with Crippen LogP contribution in [0, 0.1) is 0 Å². The monoisotopic (exact) mass is 434 g/mol. The number of fused-ring (bicyclic) bond motifs is 1. The predicted molar refractivity (Wildman–Crippen MR) is 115 cm³/mol. The number of carbonyl (C=O) groups excluding carboxylic acids is 1. The van der Waals surface area contributed by atoms with E-state index < -0.39 is 6.04 Å². The molecule has 32 heavy (non-hydrogen) atoms. The van der Waals surface area contributed by atoms with E-state index in [4.69, 9.17) is 18.7 Å². The molecule has 9 nitrogen and oxygen atoms in total. The van der Waals surface area contributed by atoms with Crippen LogP contribution in [0.2, 0.25) is 0 Å². The van der Waals surface area contributed by atoms with Crippen LogP contribution in [-0.2, 0) is 0 Å². The van der Waals surface area contributed by atoms with Gasteiger partial charge in [-0.3, -0.25) is 4.90 Å². The van der Waals surface area contributed by atoms with E-state index in [1.807, 2.05) is 56.3 Å². The van der Waals surface area contributed by atoms with Gasteiger partial charge in [0.1, 0.15) is 5.75 Å². The first-order valence-corrected chi connectivity index (χ1v) is 10.3. The summed E-state index contributed by atoms with van der Waals surface area (Å²) in [6, 6.07) is 12.4. The Morgan fingerprint density at radius 1 is 1.16 bits per heavy atom. The second-order valence-electron chi connectivity index (χ2n) is 7.39. The molecule has 0 radical (unpaired) electrons. The molecule has 2 aliphatic rings. The van der Waals surface area contributed by atoms with Crippen molar-refractivity contribution in [2.24, 2.45) is 0 Å². The van der Waals surface area contributed by atoms with E-state index in [-0.39, 0.29) is 12.8 Å². The Morgan fingerprint density at radius 3 is 2.69 bits per heavy atom. The highest BCUT2D eigenvalue weighted by atomic mass is 16.7. The summed E-state index contributed by atoms with van der Waals surface area (Å²) in [4.78, 5) is 19.0. The molecule has 2 aromatic carbocycles. The van der Waals surface area contributed by atoms with Gasteiger partial charge in [-0.15, -0.1) is 0 Å². The maximum atomic E-state index is 12.7. The molecule has 9 heteroatoms. The van der Waals surface area contributed by atoms with Crippen LogP contribution < -0.4 is 19.5 Å². The summed E-state index contributed by atoms with van der Waals surface area (Å²) >= 11 is 0. The summed E-state index contributed by atoms with van der Waals surface area (Å²) in [6.07, 6.45) is 0. The number of rotatable bonds is 5. The lowest BCUT2D eigenvalue weighted by atomic mass is 9.94. The summed E-state index contributed by atoms with van der Waals surface area (Å²) in [5.41, 5.74) is 3.14. The van der Waals surface area contributed by atoms with Crippen LogP contribution in [0.5, 0.6) is 17.2 Å². The van der Waals surface area contributed by atoms with Gasteiger partial charge in [-0.2, -0.15) is 4.98 Å². The molecule has 0 fully saturated rings. The highest BCUT2D eigenvalue weighted by molar-refractivity contribution is 5.86. The smallest absolute Gasteiger partial charge is 0.322 e. The topological polar surface area (TPSA) is 99.0 Å². The Balaban J connectivity index is 1.56. The molecular formula is C23H22N4O5. The number of hydrogen-bond acceptors (Lipinski definition) is 7. The van der Waals surface area contributed by atoms with E-state index in [1.54, 1.807) is 12.0 Å². The van der Waals surface area contributed by atoms with E-state index in [9.17, 15) is 4.79 Å². The lowest BCUT2D eigenvalue weighted by molar-refractivity contribution is 0.174. The second kappa shape index (κ2) is 7.92. The molecule has 3 aromatic rings. The Bertz CT molecular complexity index is 1200. The fourth-order valence-corrected chi connectivity index (χ4v) is 3.97. The average molecular weight is 434 g/mol. The quantitative estimate of drug-likeness (QED) is 0.648. The second-order valence-corrected chi connectivity index (χ2v) is 7.39. The van der Waals surface area contributed by atoms with Crippen molar-refractivity contribution in [1.82, 2.24) is 20.4 Å². The van der Waals surface area contributed by atoms with Gasteiger partial charge in [0, 0.05) is 17.8 Å². The third-order valence-electron chi connectivity index (χ3n) is 5.65. The van der Waals surface area contributed by atoms with Gasteiger partial charge in [-0.1, -0.05) is 17.3 Å². The molecule has 1 N–H and O–H groups in total. The van der Waals surface area contributed by atoms with Gasteiger partial charge in [0.15, 0.2) is 11.5 Å². The van der Waals surface area contributed by atoms with Crippen molar-refractivity contribution >= 4 is 11.6 Å². The molecule has 164 valence electrons. The molecule has 0 saturated heterocycles. The first-order valence-electron chi connectivity index (χ1n) is 10.3. The molecule has 0 bridgehead atoms. The van der Waals surface area contributed by atoms with Gasteiger partial charge in [0.05, 0.1) is 18.7 Å². The van der Waals surface area contributed by atoms with Crippen LogP contribution in [0.1, 0.15) is 31.3 Å². The number of nitrogens with zero attached hydrogens (tertiary/aromatic N) is 3. The SMILES string of the molecule is CCN1C(=O)NC(c2ccc(OC)cc2)C(c2nc(-c3ccc4c(c3)OCO4)no2)=C1C. The standard InChI is InChI=1S/C23H22N4O5/c1-4-27-13(2)19(20(24-23(27)28)14-5-8-16(29-3)9-6-14)22-25-21(26-32-22)15-7-10-17-18(11-15)31-12-30-17/h5-11,20H,4,12H2,1-3H3,(H,24,28). The van der Waals surface area contributed by atoms with Crippen molar-refractivity contribution in [3.8, 4) is 28.6 Å². The lowest BCUT2D eigenvalue weighted by Crippen LogP contribution is -2.45. The van der Waals surface area contributed by atoms with Gasteiger partial charge in [0.2, 0.25) is 12.6 Å². The van der Waals surface area contributed by atoms with Crippen molar-refractivity contribution in [2.75, 3.05) is 20.4 Å². The van der Waals surface area contributed by atoms with Gasteiger partial charge >= 0.3 is 6.03 Å². The van der Waals surface area contributed by atoms with E-state index in [1.165, 1.54) is 0 Å². The third kappa shape index (κ3) is 3.31. The average Bonchev–Trinajstić information content (AvgIpc) is 3.48. The molecule has 3 heterocycles. The minimum atomic E-state index is -0.443. The molecule has 1 aromatic heterocycles. The normalized spacial score (nSPS) is 17.5. The first kappa shape index (κ1) is 19.9. The zero-order valence-corrected chi connectivity index (χ0v) is 17.9. The largest absolute Gasteiger partial charge is 0.497 e. The Kier molecular flexibility index (Phi) is 4.93. The Hall–Kier alpha value is -4.01. The number of aromatic nitrogens is 2. The maximum absolute atomic E-state index is 12.7. The van der Waals surface area contributed by atoms with Crippen molar-refractivity contribution in [2.45, 2.75) is 19.9 Å². The summed E-state index contributed by atoms with van der Waals surface area (Å²) < 4.78 is 21.8. The molecular weight excluding hydrogens is 412 g/mol. The number of benzene rings is 2.